The first-order valence-corrected chi connectivity index (χ1v) is 8.93. The molecule has 3 aromatic rings. The van der Waals surface area contributed by atoms with Crippen LogP contribution in [0.4, 0.5) is 5.69 Å². The Morgan fingerprint density at radius 2 is 1.35 bits per heavy atom. The van der Waals surface area contributed by atoms with Crippen LogP contribution in [-0.2, 0) is 11.2 Å². The Bertz CT molecular complexity index is 803. The van der Waals surface area contributed by atoms with E-state index in [0.29, 0.717) is 0 Å². The Morgan fingerprint density at radius 1 is 0.808 bits per heavy atom. The quantitative estimate of drug-likeness (QED) is 0.658. The van der Waals surface area contributed by atoms with Gasteiger partial charge in [0.2, 0.25) is 5.91 Å². The van der Waals surface area contributed by atoms with Crippen molar-refractivity contribution < 1.29 is 4.79 Å². The highest BCUT2D eigenvalue weighted by molar-refractivity contribution is 5.94. The van der Waals surface area contributed by atoms with Crippen molar-refractivity contribution in [3.05, 3.63) is 102 Å². The molecular weight excluding hydrogens is 320 g/mol. The third kappa shape index (κ3) is 5.04. The summed E-state index contributed by atoms with van der Waals surface area (Å²) in [5.41, 5.74) is 3.23. The van der Waals surface area contributed by atoms with E-state index in [9.17, 15) is 4.79 Å². The van der Waals surface area contributed by atoms with Gasteiger partial charge in [-0.3, -0.25) is 10.1 Å². The first-order chi connectivity index (χ1) is 12.7. The monoisotopic (exact) mass is 344 g/mol. The molecule has 3 rings (SSSR count). The average molecular weight is 344 g/mol. The molecule has 0 bridgehead atoms. The molecular formula is C23H24N2O. The minimum Gasteiger partial charge on any atom is -0.325 e. The number of para-hydroxylation sites is 1. The average Bonchev–Trinajstić information content (AvgIpc) is 2.69. The fourth-order valence-electron chi connectivity index (χ4n) is 2.96. The molecule has 0 fully saturated rings. The van der Waals surface area contributed by atoms with E-state index < -0.39 is 0 Å². The predicted octanol–water partition coefficient (Wildman–Crippen LogP) is 4.59. The fourth-order valence-corrected chi connectivity index (χ4v) is 2.96. The van der Waals surface area contributed by atoms with Gasteiger partial charge in [-0.15, -0.1) is 0 Å². The molecule has 0 heterocycles. The van der Waals surface area contributed by atoms with Crippen molar-refractivity contribution in [3.8, 4) is 0 Å². The molecule has 3 nitrogen and oxygen atoms in total. The Kier molecular flexibility index (Phi) is 6.18. The Labute approximate surface area is 155 Å². The van der Waals surface area contributed by atoms with E-state index in [0.717, 1.165) is 12.1 Å². The predicted molar refractivity (Wildman–Crippen MR) is 107 cm³/mol. The van der Waals surface area contributed by atoms with Crippen LogP contribution in [0.1, 0.15) is 24.1 Å². The molecule has 2 atom stereocenters. The molecule has 0 aromatic heterocycles. The van der Waals surface area contributed by atoms with Crippen LogP contribution in [0.25, 0.3) is 0 Å². The normalized spacial score (nSPS) is 13.0. The number of nitrogens with one attached hydrogen (secondary N) is 2. The van der Waals surface area contributed by atoms with Gasteiger partial charge < -0.3 is 5.32 Å². The molecule has 3 aromatic carbocycles. The van der Waals surface area contributed by atoms with Crippen LogP contribution in [0.5, 0.6) is 0 Å². The third-order valence-corrected chi connectivity index (χ3v) is 4.37. The zero-order valence-corrected chi connectivity index (χ0v) is 14.9. The van der Waals surface area contributed by atoms with Crippen LogP contribution in [-0.4, -0.2) is 11.9 Å². The van der Waals surface area contributed by atoms with E-state index in [-0.39, 0.29) is 18.0 Å². The Hall–Kier alpha value is -2.91. The lowest BCUT2D eigenvalue weighted by Gasteiger charge is -2.24. The van der Waals surface area contributed by atoms with Crippen LogP contribution >= 0.6 is 0 Å². The summed E-state index contributed by atoms with van der Waals surface area (Å²) < 4.78 is 0. The molecule has 0 spiro atoms. The van der Waals surface area contributed by atoms with E-state index in [1.165, 1.54) is 11.1 Å². The summed E-state index contributed by atoms with van der Waals surface area (Å²) in [6, 6.07) is 29.9. The highest BCUT2D eigenvalue weighted by atomic mass is 16.2. The SMILES string of the molecule is CC(NC(Cc1ccccc1)c1ccccc1)C(=O)Nc1ccccc1. The van der Waals surface area contributed by atoms with Gasteiger partial charge in [-0.25, -0.2) is 0 Å². The first-order valence-electron chi connectivity index (χ1n) is 8.93. The zero-order chi connectivity index (χ0) is 18.2. The van der Waals surface area contributed by atoms with Crippen LogP contribution in [0.2, 0.25) is 0 Å². The largest absolute Gasteiger partial charge is 0.325 e. The van der Waals surface area contributed by atoms with Crippen molar-refractivity contribution in [1.29, 1.82) is 0 Å². The van der Waals surface area contributed by atoms with Gasteiger partial charge in [-0.2, -0.15) is 0 Å². The fraction of sp³-hybridized carbons (Fsp3) is 0.174. The standard InChI is InChI=1S/C23H24N2O/c1-18(23(26)25-21-15-9-4-10-16-21)24-22(20-13-7-3-8-14-20)17-19-11-5-2-6-12-19/h2-16,18,22,24H,17H2,1H3,(H,25,26). The van der Waals surface area contributed by atoms with Gasteiger partial charge in [0.05, 0.1) is 6.04 Å². The first kappa shape index (κ1) is 17.9. The lowest BCUT2D eigenvalue weighted by Crippen LogP contribution is -2.40. The van der Waals surface area contributed by atoms with Crippen LogP contribution in [0.15, 0.2) is 91.0 Å². The van der Waals surface area contributed by atoms with E-state index in [2.05, 4.69) is 34.9 Å². The third-order valence-electron chi connectivity index (χ3n) is 4.37. The van der Waals surface area contributed by atoms with Crippen LogP contribution in [0, 0.1) is 0 Å². The van der Waals surface area contributed by atoms with E-state index in [4.69, 9.17) is 0 Å². The Morgan fingerprint density at radius 3 is 1.96 bits per heavy atom. The molecule has 0 saturated carbocycles. The molecule has 0 aliphatic carbocycles. The molecule has 0 saturated heterocycles. The lowest BCUT2D eigenvalue weighted by molar-refractivity contribution is -0.118. The molecule has 0 aliphatic rings. The highest BCUT2D eigenvalue weighted by Crippen LogP contribution is 2.19. The van der Waals surface area contributed by atoms with Gasteiger partial charge in [0.15, 0.2) is 0 Å². The van der Waals surface area contributed by atoms with Gasteiger partial charge in [0, 0.05) is 11.7 Å². The summed E-state index contributed by atoms with van der Waals surface area (Å²) in [6.07, 6.45) is 0.827. The minimum atomic E-state index is -0.316. The van der Waals surface area contributed by atoms with Gasteiger partial charge in [0.1, 0.15) is 0 Å². The second-order valence-corrected chi connectivity index (χ2v) is 6.40. The highest BCUT2D eigenvalue weighted by Gasteiger charge is 2.19. The van der Waals surface area contributed by atoms with E-state index in [1.54, 1.807) is 0 Å². The lowest BCUT2D eigenvalue weighted by atomic mass is 9.98. The van der Waals surface area contributed by atoms with E-state index in [1.807, 2.05) is 73.7 Å². The number of anilines is 1. The Balaban J connectivity index is 1.71. The number of benzene rings is 3. The van der Waals surface area contributed by atoms with Crippen molar-refractivity contribution in [1.82, 2.24) is 5.32 Å². The van der Waals surface area contributed by atoms with Gasteiger partial charge in [0.25, 0.3) is 0 Å². The number of hydrogen-bond acceptors (Lipinski definition) is 2. The molecule has 2 N–H and O–H groups in total. The summed E-state index contributed by atoms with van der Waals surface area (Å²) in [4.78, 5) is 12.6. The van der Waals surface area contributed by atoms with Crippen molar-refractivity contribution in [2.45, 2.75) is 25.4 Å². The maximum Gasteiger partial charge on any atom is 0.241 e. The summed E-state index contributed by atoms with van der Waals surface area (Å²) in [5.74, 6) is -0.0369. The van der Waals surface area contributed by atoms with Crippen molar-refractivity contribution in [3.63, 3.8) is 0 Å². The summed E-state index contributed by atoms with van der Waals surface area (Å²) in [5, 5.41) is 6.45. The van der Waals surface area contributed by atoms with Gasteiger partial charge in [-0.1, -0.05) is 78.9 Å². The molecule has 26 heavy (non-hydrogen) atoms. The van der Waals surface area contributed by atoms with E-state index >= 15 is 0 Å². The van der Waals surface area contributed by atoms with Crippen molar-refractivity contribution >= 4 is 11.6 Å². The smallest absolute Gasteiger partial charge is 0.241 e. The second kappa shape index (κ2) is 8.97. The van der Waals surface area contributed by atoms with Crippen LogP contribution in [0.3, 0.4) is 0 Å². The summed E-state index contributed by atoms with van der Waals surface area (Å²) in [7, 11) is 0. The number of carbonyl (C=O) groups is 1. The minimum absolute atomic E-state index is 0.0369. The zero-order valence-electron chi connectivity index (χ0n) is 14.9. The number of hydrogen-bond donors (Lipinski definition) is 2. The summed E-state index contributed by atoms with van der Waals surface area (Å²) >= 11 is 0. The molecule has 132 valence electrons. The van der Waals surface area contributed by atoms with Gasteiger partial charge in [-0.05, 0) is 36.6 Å². The number of amides is 1. The number of rotatable bonds is 7. The maximum atomic E-state index is 12.6. The maximum absolute atomic E-state index is 12.6. The molecule has 2 unspecified atom stereocenters. The number of carbonyl (C=O) groups excluding carboxylic acids is 1. The molecule has 0 aliphatic heterocycles. The summed E-state index contributed by atoms with van der Waals surface area (Å²) in [6.45, 7) is 1.90. The molecule has 1 amide bonds. The molecule has 0 radical (unpaired) electrons. The van der Waals surface area contributed by atoms with Gasteiger partial charge >= 0.3 is 0 Å². The van der Waals surface area contributed by atoms with Crippen LogP contribution < -0.4 is 10.6 Å². The molecule has 3 heteroatoms. The topological polar surface area (TPSA) is 41.1 Å². The van der Waals surface area contributed by atoms with Crippen molar-refractivity contribution in [2.24, 2.45) is 0 Å². The van der Waals surface area contributed by atoms with Crippen molar-refractivity contribution in [2.75, 3.05) is 5.32 Å². The second-order valence-electron chi connectivity index (χ2n) is 6.40.